The fourth-order valence-corrected chi connectivity index (χ4v) is 4.50. The van der Waals surface area contributed by atoms with Crippen molar-refractivity contribution in [2.75, 3.05) is 38.2 Å². The first-order valence-corrected chi connectivity index (χ1v) is 10.6. The number of piperidine rings is 1. The summed E-state index contributed by atoms with van der Waals surface area (Å²) in [5.41, 5.74) is 3.40. The Morgan fingerprint density at radius 3 is 2.59 bits per heavy atom. The van der Waals surface area contributed by atoms with Crippen LogP contribution in [0.3, 0.4) is 0 Å². The zero-order valence-electron chi connectivity index (χ0n) is 17.1. The second kappa shape index (κ2) is 8.97. The van der Waals surface area contributed by atoms with Crippen LogP contribution in [-0.4, -0.2) is 55.3 Å². The topological polar surface area (TPSA) is 53.0 Å². The van der Waals surface area contributed by atoms with Gasteiger partial charge in [0.25, 0.3) is 0 Å². The van der Waals surface area contributed by atoms with Crippen LogP contribution in [0, 0.1) is 0 Å². The van der Waals surface area contributed by atoms with Gasteiger partial charge in [0.2, 0.25) is 5.91 Å². The minimum atomic E-state index is -0.526. The highest BCUT2D eigenvalue weighted by Gasteiger charge is 2.25. The predicted octanol–water partition coefficient (Wildman–Crippen LogP) is 3.21. The fraction of sp³-hybridized carbons (Fsp3) is 0.458. The number of likely N-dealkylation sites (tertiary alicyclic amines) is 1. The van der Waals surface area contributed by atoms with Crippen molar-refractivity contribution in [1.82, 2.24) is 4.90 Å². The average molecular weight is 395 g/mol. The number of rotatable bonds is 6. The van der Waals surface area contributed by atoms with Crippen LogP contribution >= 0.6 is 0 Å². The number of carbonyl (C=O) groups is 1. The van der Waals surface area contributed by atoms with Gasteiger partial charge in [-0.3, -0.25) is 4.79 Å². The lowest BCUT2D eigenvalue weighted by Gasteiger charge is -2.33. The van der Waals surface area contributed by atoms with E-state index in [0.717, 1.165) is 42.9 Å². The van der Waals surface area contributed by atoms with Gasteiger partial charge in [-0.15, -0.1) is 0 Å². The van der Waals surface area contributed by atoms with Crippen LogP contribution in [0.5, 0.6) is 5.75 Å². The second-order valence-electron chi connectivity index (χ2n) is 8.16. The fourth-order valence-electron chi connectivity index (χ4n) is 4.50. The van der Waals surface area contributed by atoms with Crippen molar-refractivity contribution in [3.63, 3.8) is 0 Å². The van der Waals surface area contributed by atoms with E-state index < -0.39 is 6.10 Å². The molecule has 2 heterocycles. The van der Waals surface area contributed by atoms with Crippen molar-refractivity contribution in [1.29, 1.82) is 0 Å². The molecule has 5 heteroatoms. The van der Waals surface area contributed by atoms with Crippen molar-refractivity contribution in [2.24, 2.45) is 0 Å². The molecule has 0 aromatic heterocycles. The molecule has 1 N–H and O–H groups in total. The summed E-state index contributed by atoms with van der Waals surface area (Å²) in [6.07, 6.45) is 2.93. The maximum Gasteiger partial charge on any atom is 0.227 e. The van der Waals surface area contributed by atoms with E-state index in [4.69, 9.17) is 4.74 Å². The summed E-state index contributed by atoms with van der Waals surface area (Å²) >= 11 is 0. The minimum absolute atomic E-state index is 0.133. The van der Waals surface area contributed by atoms with E-state index in [2.05, 4.69) is 35.2 Å². The van der Waals surface area contributed by atoms with E-state index in [-0.39, 0.29) is 12.5 Å². The Bertz CT molecular complexity index is 831. The number of anilines is 1. The molecule has 2 aliphatic heterocycles. The second-order valence-corrected chi connectivity index (χ2v) is 8.16. The van der Waals surface area contributed by atoms with Gasteiger partial charge >= 0.3 is 0 Å². The van der Waals surface area contributed by atoms with Gasteiger partial charge < -0.3 is 19.6 Å². The molecule has 1 saturated heterocycles. The quantitative estimate of drug-likeness (QED) is 0.817. The third kappa shape index (κ3) is 4.62. The molecule has 0 radical (unpaired) electrons. The Morgan fingerprint density at radius 2 is 1.83 bits per heavy atom. The molecule has 1 fully saturated rings. The molecule has 4 rings (SSSR count). The molecule has 2 aliphatic rings. The first kappa shape index (κ1) is 19.9. The van der Waals surface area contributed by atoms with E-state index in [9.17, 15) is 9.90 Å². The number of fused-ring (bicyclic) bond motifs is 1. The number of hydrogen-bond acceptors (Lipinski definition) is 4. The first-order valence-electron chi connectivity index (χ1n) is 10.6. The van der Waals surface area contributed by atoms with E-state index in [0.29, 0.717) is 25.3 Å². The maximum absolute atomic E-state index is 11.9. The summed E-state index contributed by atoms with van der Waals surface area (Å²) < 4.78 is 5.97. The number of nitrogens with zero attached hydrogens (tertiary/aromatic N) is 2. The van der Waals surface area contributed by atoms with Gasteiger partial charge in [-0.05, 0) is 56.0 Å². The van der Waals surface area contributed by atoms with Crippen molar-refractivity contribution in [3.05, 3.63) is 59.7 Å². The molecule has 0 bridgehead atoms. The first-order chi connectivity index (χ1) is 14.1. The molecular weight excluding hydrogens is 364 g/mol. The van der Waals surface area contributed by atoms with Crippen molar-refractivity contribution in [2.45, 2.75) is 37.7 Å². The summed E-state index contributed by atoms with van der Waals surface area (Å²) in [6.45, 7) is 2.91. The molecular formula is C24H30N2O3. The zero-order chi connectivity index (χ0) is 20.2. The number of amides is 1. The van der Waals surface area contributed by atoms with Gasteiger partial charge in [0.05, 0.1) is 5.69 Å². The molecule has 1 unspecified atom stereocenters. The average Bonchev–Trinajstić information content (AvgIpc) is 2.76. The SMILES string of the molecule is CN1C(=O)CCc2c(OCC(O)CN3CCC(c4ccccc4)CC3)cccc21. The Morgan fingerprint density at radius 1 is 1.07 bits per heavy atom. The highest BCUT2D eigenvalue weighted by Crippen LogP contribution is 2.34. The molecule has 154 valence electrons. The summed E-state index contributed by atoms with van der Waals surface area (Å²) in [5.74, 6) is 1.54. The van der Waals surface area contributed by atoms with Crippen LogP contribution in [0.2, 0.25) is 0 Å². The zero-order valence-corrected chi connectivity index (χ0v) is 17.1. The van der Waals surface area contributed by atoms with E-state index >= 15 is 0 Å². The Labute approximate surface area is 172 Å². The van der Waals surface area contributed by atoms with Gasteiger partial charge in [0, 0.05) is 25.6 Å². The summed E-state index contributed by atoms with van der Waals surface area (Å²) in [5, 5.41) is 10.5. The lowest BCUT2D eigenvalue weighted by atomic mass is 9.89. The number of β-amino-alcohol motifs (C(OH)–C–C–N with tert-alkyl or cyclic N) is 1. The molecule has 29 heavy (non-hydrogen) atoms. The van der Waals surface area contributed by atoms with Crippen molar-refractivity contribution >= 4 is 11.6 Å². The van der Waals surface area contributed by atoms with Crippen LogP contribution in [0.25, 0.3) is 0 Å². The Balaban J connectivity index is 1.27. The summed E-state index contributed by atoms with van der Waals surface area (Å²) in [6, 6.07) is 16.5. The van der Waals surface area contributed by atoms with Gasteiger partial charge in [-0.2, -0.15) is 0 Å². The Kier molecular flexibility index (Phi) is 6.16. The molecule has 0 saturated carbocycles. The largest absolute Gasteiger partial charge is 0.490 e. The number of aliphatic hydroxyl groups excluding tert-OH is 1. The molecule has 2 aromatic rings. The normalized spacial score (nSPS) is 19.1. The molecule has 1 amide bonds. The number of ether oxygens (including phenoxy) is 1. The molecule has 5 nitrogen and oxygen atoms in total. The monoisotopic (exact) mass is 394 g/mol. The molecule has 0 aliphatic carbocycles. The Hall–Kier alpha value is -2.37. The van der Waals surface area contributed by atoms with Crippen LogP contribution < -0.4 is 9.64 Å². The number of aliphatic hydroxyl groups is 1. The van der Waals surface area contributed by atoms with Crippen LogP contribution in [0.1, 0.15) is 36.3 Å². The minimum Gasteiger partial charge on any atom is -0.490 e. The lowest BCUT2D eigenvalue weighted by Crippen LogP contribution is -2.40. The standard InChI is InChI=1S/C24H30N2O3/c1-25-22-8-5-9-23(21(22)10-11-24(25)28)29-17-20(27)16-26-14-12-19(13-15-26)18-6-3-2-4-7-18/h2-9,19-20,27H,10-17H2,1H3. The van der Waals surface area contributed by atoms with Gasteiger partial charge in [-0.25, -0.2) is 0 Å². The third-order valence-corrected chi connectivity index (χ3v) is 6.19. The van der Waals surface area contributed by atoms with Crippen molar-refractivity contribution < 1.29 is 14.6 Å². The number of carbonyl (C=O) groups excluding carboxylic acids is 1. The van der Waals surface area contributed by atoms with E-state index in [1.807, 2.05) is 18.2 Å². The van der Waals surface area contributed by atoms with Crippen LogP contribution in [0.4, 0.5) is 5.69 Å². The summed E-state index contributed by atoms with van der Waals surface area (Å²) in [4.78, 5) is 15.9. The van der Waals surface area contributed by atoms with E-state index in [1.54, 1.807) is 11.9 Å². The summed E-state index contributed by atoms with van der Waals surface area (Å²) in [7, 11) is 1.80. The molecule has 1 atom stereocenters. The number of hydrogen-bond donors (Lipinski definition) is 1. The highest BCUT2D eigenvalue weighted by molar-refractivity contribution is 5.96. The van der Waals surface area contributed by atoms with Gasteiger partial charge in [-0.1, -0.05) is 36.4 Å². The van der Waals surface area contributed by atoms with Crippen LogP contribution in [-0.2, 0) is 11.2 Å². The van der Waals surface area contributed by atoms with E-state index in [1.165, 1.54) is 5.56 Å². The smallest absolute Gasteiger partial charge is 0.227 e. The maximum atomic E-state index is 11.9. The van der Waals surface area contributed by atoms with Crippen molar-refractivity contribution in [3.8, 4) is 5.75 Å². The molecule has 2 aromatic carbocycles. The molecule has 0 spiro atoms. The lowest BCUT2D eigenvalue weighted by molar-refractivity contribution is -0.118. The highest BCUT2D eigenvalue weighted by atomic mass is 16.5. The van der Waals surface area contributed by atoms with Crippen LogP contribution in [0.15, 0.2) is 48.5 Å². The predicted molar refractivity (Wildman–Crippen MR) is 115 cm³/mol. The van der Waals surface area contributed by atoms with Gasteiger partial charge in [0.1, 0.15) is 18.5 Å². The van der Waals surface area contributed by atoms with Gasteiger partial charge in [0.15, 0.2) is 0 Å². The third-order valence-electron chi connectivity index (χ3n) is 6.19. The number of benzene rings is 2.